The van der Waals surface area contributed by atoms with Crippen LogP contribution in [0.3, 0.4) is 0 Å². The number of hydrogen-bond donors (Lipinski definition) is 2. The van der Waals surface area contributed by atoms with Crippen molar-refractivity contribution in [3.8, 4) is 0 Å². The second-order valence-corrected chi connectivity index (χ2v) is 8.72. The fourth-order valence-corrected chi connectivity index (χ4v) is 4.67. The normalized spacial score (nSPS) is 20.3. The quantitative estimate of drug-likeness (QED) is 0.547. The highest BCUT2D eigenvalue weighted by Crippen LogP contribution is 2.28. The van der Waals surface area contributed by atoms with Crippen molar-refractivity contribution in [1.82, 2.24) is 10.6 Å². The molecule has 2 aromatic rings. The number of carbonyl (C=O) groups is 3. The van der Waals surface area contributed by atoms with Crippen LogP contribution in [-0.4, -0.2) is 36.5 Å². The van der Waals surface area contributed by atoms with Crippen molar-refractivity contribution in [1.29, 1.82) is 0 Å². The Kier molecular flexibility index (Phi) is 6.97. The van der Waals surface area contributed by atoms with Crippen molar-refractivity contribution >= 4 is 28.6 Å². The third-order valence-corrected chi connectivity index (χ3v) is 6.44. The van der Waals surface area contributed by atoms with E-state index in [1.165, 1.54) is 6.42 Å². The smallest absolute Gasteiger partial charge is 0.336 e. The zero-order valence-electron chi connectivity index (χ0n) is 17.8. The highest BCUT2D eigenvalue weighted by atomic mass is 16.6. The number of rotatable bonds is 6. The lowest BCUT2D eigenvalue weighted by Gasteiger charge is -2.26. The van der Waals surface area contributed by atoms with Gasteiger partial charge in [0.15, 0.2) is 0 Å². The molecule has 1 heterocycles. The summed E-state index contributed by atoms with van der Waals surface area (Å²) >= 11 is 0. The van der Waals surface area contributed by atoms with Gasteiger partial charge in [0.05, 0.1) is 0 Å². The number of hydrogen-bond acceptors (Lipinski definition) is 5. The molecule has 1 saturated carbocycles. The molecule has 164 valence electrons. The SMILES string of the molecule is O=C(NC(CC1CCCCC1)C(=O)OC(=O)[C@@H]1CCCN1)c1ccc2ccccc2c1. The zero-order chi connectivity index (χ0) is 21.6. The van der Waals surface area contributed by atoms with Crippen molar-refractivity contribution in [2.75, 3.05) is 6.54 Å². The molecule has 2 aliphatic rings. The summed E-state index contributed by atoms with van der Waals surface area (Å²) < 4.78 is 5.19. The van der Waals surface area contributed by atoms with Gasteiger partial charge in [-0.25, -0.2) is 9.59 Å². The van der Waals surface area contributed by atoms with Gasteiger partial charge in [-0.05, 0) is 54.6 Å². The Morgan fingerprint density at radius 2 is 1.74 bits per heavy atom. The minimum absolute atomic E-state index is 0.324. The second-order valence-electron chi connectivity index (χ2n) is 8.72. The minimum atomic E-state index is -0.826. The van der Waals surface area contributed by atoms with E-state index in [0.717, 1.165) is 49.4 Å². The first-order chi connectivity index (χ1) is 15.1. The van der Waals surface area contributed by atoms with Crippen LogP contribution in [0.5, 0.6) is 0 Å². The average molecular weight is 423 g/mol. The minimum Gasteiger partial charge on any atom is -0.390 e. The van der Waals surface area contributed by atoms with E-state index in [1.807, 2.05) is 36.4 Å². The van der Waals surface area contributed by atoms with E-state index in [9.17, 15) is 14.4 Å². The van der Waals surface area contributed by atoms with Gasteiger partial charge in [0.25, 0.3) is 5.91 Å². The van der Waals surface area contributed by atoms with Gasteiger partial charge in [-0.3, -0.25) is 4.79 Å². The van der Waals surface area contributed by atoms with E-state index in [-0.39, 0.29) is 5.91 Å². The molecule has 6 nitrogen and oxygen atoms in total. The number of nitrogens with one attached hydrogen (secondary N) is 2. The molecule has 2 N–H and O–H groups in total. The lowest BCUT2D eigenvalue weighted by molar-refractivity contribution is -0.162. The Bertz CT molecular complexity index is 945. The lowest BCUT2D eigenvalue weighted by atomic mass is 9.84. The van der Waals surface area contributed by atoms with Crippen LogP contribution in [0.4, 0.5) is 0 Å². The average Bonchev–Trinajstić information content (AvgIpc) is 3.34. The molecule has 6 heteroatoms. The summed E-state index contributed by atoms with van der Waals surface area (Å²) in [4.78, 5) is 38.2. The molecular formula is C25H30N2O4. The Morgan fingerprint density at radius 1 is 0.968 bits per heavy atom. The van der Waals surface area contributed by atoms with Crippen molar-refractivity contribution < 1.29 is 19.1 Å². The van der Waals surface area contributed by atoms with E-state index >= 15 is 0 Å². The van der Waals surface area contributed by atoms with Crippen LogP contribution in [0.1, 0.15) is 61.7 Å². The molecule has 1 unspecified atom stereocenters. The van der Waals surface area contributed by atoms with Gasteiger partial charge in [0.2, 0.25) is 0 Å². The third-order valence-electron chi connectivity index (χ3n) is 6.44. The number of fused-ring (bicyclic) bond motifs is 1. The number of esters is 2. The molecule has 1 amide bonds. The fourth-order valence-electron chi connectivity index (χ4n) is 4.67. The first-order valence-corrected chi connectivity index (χ1v) is 11.4. The summed E-state index contributed by atoms with van der Waals surface area (Å²) in [6.07, 6.45) is 7.61. The molecule has 2 fully saturated rings. The van der Waals surface area contributed by atoms with Crippen molar-refractivity contribution in [2.45, 2.75) is 63.5 Å². The van der Waals surface area contributed by atoms with Crippen LogP contribution < -0.4 is 10.6 Å². The van der Waals surface area contributed by atoms with E-state index < -0.39 is 24.0 Å². The van der Waals surface area contributed by atoms with E-state index in [0.29, 0.717) is 24.3 Å². The predicted molar refractivity (Wildman–Crippen MR) is 119 cm³/mol. The fraction of sp³-hybridized carbons (Fsp3) is 0.480. The van der Waals surface area contributed by atoms with Gasteiger partial charge in [0.1, 0.15) is 12.1 Å². The highest BCUT2D eigenvalue weighted by Gasteiger charge is 2.32. The van der Waals surface area contributed by atoms with Crippen LogP contribution in [0, 0.1) is 5.92 Å². The van der Waals surface area contributed by atoms with Crippen molar-refractivity contribution in [3.63, 3.8) is 0 Å². The Balaban J connectivity index is 1.47. The molecule has 0 radical (unpaired) electrons. The molecule has 0 bridgehead atoms. The number of benzene rings is 2. The monoisotopic (exact) mass is 422 g/mol. The van der Waals surface area contributed by atoms with Crippen LogP contribution in [-0.2, 0) is 14.3 Å². The summed E-state index contributed by atoms with van der Waals surface area (Å²) in [5.41, 5.74) is 0.490. The topological polar surface area (TPSA) is 84.5 Å². The molecular weight excluding hydrogens is 392 g/mol. The summed E-state index contributed by atoms with van der Waals surface area (Å²) in [6, 6.07) is 12.0. The molecule has 0 aromatic heterocycles. The second kappa shape index (κ2) is 10.1. The highest BCUT2D eigenvalue weighted by molar-refractivity contribution is 6.01. The standard InChI is InChI=1S/C25H30N2O4/c28-23(20-13-12-18-9-4-5-10-19(18)16-20)27-22(15-17-7-2-1-3-8-17)25(30)31-24(29)21-11-6-14-26-21/h4-5,9-10,12-13,16-17,21-22,26H,1-3,6-8,11,14-15H2,(H,27,28)/t21-,22?/m0/s1. The largest absolute Gasteiger partial charge is 0.390 e. The van der Waals surface area contributed by atoms with Gasteiger partial charge in [-0.15, -0.1) is 0 Å². The van der Waals surface area contributed by atoms with E-state index in [1.54, 1.807) is 6.07 Å². The molecule has 1 aliphatic heterocycles. The summed E-state index contributed by atoms with van der Waals surface area (Å²) in [7, 11) is 0. The maximum absolute atomic E-state index is 13.0. The lowest BCUT2D eigenvalue weighted by Crippen LogP contribution is -2.45. The van der Waals surface area contributed by atoms with Gasteiger partial charge in [-0.2, -0.15) is 0 Å². The molecule has 2 aromatic carbocycles. The zero-order valence-corrected chi connectivity index (χ0v) is 17.8. The van der Waals surface area contributed by atoms with Crippen molar-refractivity contribution in [2.24, 2.45) is 5.92 Å². The molecule has 1 aliphatic carbocycles. The Hall–Kier alpha value is -2.73. The molecule has 1 saturated heterocycles. The molecule has 0 spiro atoms. The predicted octanol–water partition coefficient (Wildman–Crippen LogP) is 3.73. The Morgan fingerprint density at radius 3 is 2.48 bits per heavy atom. The van der Waals surface area contributed by atoms with Crippen LogP contribution >= 0.6 is 0 Å². The van der Waals surface area contributed by atoms with Gasteiger partial charge < -0.3 is 15.4 Å². The first-order valence-electron chi connectivity index (χ1n) is 11.4. The van der Waals surface area contributed by atoms with Gasteiger partial charge in [0, 0.05) is 5.56 Å². The molecule has 2 atom stereocenters. The first kappa shape index (κ1) is 21.5. The maximum atomic E-state index is 13.0. The van der Waals surface area contributed by atoms with Crippen LogP contribution in [0.25, 0.3) is 10.8 Å². The summed E-state index contributed by atoms with van der Waals surface area (Å²) in [5, 5.41) is 7.92. The summed E-state index contributed by atoms with van der Waals surface area (Å²) in [6.45, 7) is 0.748. The molecule has 4 rings (SSSR count). The van der Waals surface area contributed by atoms with E-state index in [4.69, 9.17) is 4.74 Å². The maximum Gasteiger partial charge on any atom is 0.336 e. The van der Waals surface area contributed by atoms with E-state index in [2.05, 4.69) is 10.6 Å². The van der Waals surface area contributed by atoms with Crippen molar-refractivity contribution in [3.05, 3.63) is 48.0 Å². The Labute approximate surface area is 182 Å². The van der Waals surface area contributed by atoms with Gasteiger partial charge in [-0.1, -0.05) is 62.4 Å². The third kappa shape index (κ3) is 5.50. The molecule has 31 heavy (non-hydrogen) atoms. The van der Waals surface area contributed by atoms with Crippen LogP contribution in [0.2, 0.25) is 0 Å². The number of ether oxygens (including phenoxy) is 1. The van der Waals surface area contributed by atoms with Crippen LogP contribution in [0.15, 0.2) is 42.5 Å². The number of amides is 1. The number of carbonyl (C=O) groups excluding carboxylic acids is 3. The van der Waals surface area contributed by atoms with Gasteiger partial charge >= 0.3 is 11.9 Å². The summed E-state index contributed by atoms with van der Waals surface area (Å²) in [5.74, 6) is -1.17.